The molecule has 0 bridgehead atoms. The lowest BCUT2D eigenvalue weighted by molar-refractivity contribution is 0.103. The third kappa shape index (κ3) is 2.70. The number of nitrogens with zero attached hydrogens (tertiary/aromatic N) is 1. The van der Waals surface area contributed by atoms with Gasteiger partial charge in [0, 0.05) is 26.8 Å². The Morgan fingerprint density at radius 1 is 1.29 bits per heavy atom. The fraction of sp³-hybridized carbons (Fsp3) is 0. The number of hydrogen-bond donors (Lipinski definition) is 0. The Hall–Kier alpha value is -1.26. The number of carbonyl (C=O) groups excluding carboxylic acids is 1. The highest BCUT2D eigenvalue weighted by molar-refractivity contribution is 9.10. The molecule has 1 aromatic carbocycles. The largest absolute Gasteiger partial charge is 0.289 e. The Kier molecular flexibility index (Phi) is 3.54. The monoisotopic (exact) mass is 313 g/mol. The molecule has 0 unspecified atom stereocenters. The highest BCUT2D eigenvalue weighted by Gasteiger charge is 2.13. The minimum atomic E-state index is -0.541. The Morgan fingerprint density at radius 3 is 2.71 bits per heavy atom. The van der Waals surface area contributed by atoms with Crippen LogP contribution in [0, 0.1) is 5.82 Å². The van der Waals surface area contributed by atoms with Crippen molar-refractivity contribution in [1.82, 2.24) is 4.98 Å². The van der Waals surface area contributed by atoms with Gasteiger partial charge in [0.2, 0.25) is 0 Å². The SMILES string of the molecule is O=C(c1cncc(F)c1)c1ccc(Cl)cc1Br. The summed E-state index contributed by atoms with van der Waals surface area (Å²) in [6.45, 7) is 0. The lowest BCUT2D eigenvalue weighted by atomic mass is 10.1. The summed E-state index contributed by atoms with van der Waals surface area (Å²) in [6, 6.07) is 5.95. The number of rotatable bonds is 2. The zero-order valence-corrected chi connectivity index (χ0v) is 10.8. The average molecular weight is 315 g/mol. The van der Waals surface area contributed by atoms with Crippen LogP contribution in [0.3, 0.4) is 0 Å². The fourth-order valence-electron chi connectivity index (χ4n) is 1.37. The molecular formula is C12H6BrClFNO. The van der Waals surface area contributed by atoms with E-state index in [2.05, 4.69) is 20.9 Å². The van der Waals surface area contributed by atoms with Crippen LogP contribution in [0.1, 0.15) is 15.9 Å². The van der Waals surface area contributed by atoms with Crippen molar-refractivity contribution in [3.05, 3.63) is 63.1 Å². The normalized spacial score (nSPS) is 10.3. The Balaban J connectivity index is 2.44. The molecule has 0 radical (unpaired) electrons. The van der Waals surface area contributed by atoms with E-state index in [0.29, 0.717) is 15.1 Å². The first-order valence-corrected chi connectivity index (χ1v) is 5.85. The van der Waals surface area contributed by atoms with Crippen LogP contribution in [-0.2, 0) is 0 Å². The van der Waals surface area contributed by atoms with Gasteiger partial charge in [-0.25, -0.2) is 4.39 Å². The van der Waals surface area contributed by atoms with E-state index in [9.17, 15) is 9.18 Å². The zero-order chi connectivity index (χ0) is 12.4. The summed E-state index contributed by atoms with van der Waals surface area (Å²) in [6.07, 6.45) is 2.38. The van der Waals surface area contributed by atoms with Crippen LogP contribution in [-0.4, -0.2) is 10.8 Å². The van der Waals surface area contributed by atoms with Crippen molar-refractivity contribution in [2.45, 2.75) is 0 Å². The van der Waals surface area contributed by atoms with Crippen LogP contribution >= 0.6 is 27.5 Å². The Bertz CT molecular complexity index is 588. The molecule has 0 amide bonds. The van der Waals surface area contributed by atoms with Crippen molar-refractivity contribution in [3.8, 4) is 0 Å². The first-order chi connectivity index (χ1) is 8.08. The molecule has 1 aromatic heterocycles. The van der Waals surface area contributed by atoms with E-state index in [1.807, 2.05) is 0 Å². The third-order valence-electron chi connectivity index (χ3n) is 2.14. The number of hydrogen-bond acceptors (Lipinski definition) is 2. The van der Waals surface area contributed by atoms with Crippen molar-refractivity contribution in [2.24, 2.45) is 0 Å². The minimum absolute atomic E-state index is 0.202. The van der Waals surface area contributed by atoms with Gasteiger partial charge >= 0.3 is 0 Å². The van der Waals surface area contributed by atoms with Crippen molar-refractivity contribution in [3.63, 3.8) is 0 Å². The molecule has 17 heavy (non-hydrogen) atoms. The second-order valence-corrected chi connectivity index (χ2v) is 4.64. The van der Waals surface area contributed by atoms with Gasteiger partial charge in [-0.05, 0) is 40.2 Å². The van der Waals surface area contributed by atoms with Crippen LogP contribution < -0.4 is 0 Å². The predicted molar refractivity (Wildman–Crippen MR) is 66.8 cm³/mol. The lowest BCUT2D eigenvalue weighted by Gasteiger charge is -2.04. The third-order valence-corrected chi connectivity index (χ3v) is 3.03. The van der Waals surface area contributed by atoms with Crippen molar-refractivity contribution < 1.29 is 9.18 Å². The van der Waals surface area contributed by atoms with Gasteiger partial charge in [0.05, 0.1) is 6.20 Å². The van der Waals surface area contributed by atoms with Gasteiger partial charge in [0.15, 0.2) is 5.78 Å². The summed E-state index contributed by atoms with van der Waals surface area (Å²) >= 11 is 9.02. The van der Waals surface area contributed by atoms with Gasteiger partial charge in [0.1, 0.15) is 5.82 Å². The lowest BCUT2D eigenvalue weighted by Crippen LogP contribution is -2.03. The molecule has 0 saturated carbocycles. The molecule has 0 atom stereocenters. The maximum atomic E-state index is 13.0. The summed E-state index contributed by atoms with van der Waals surface area (Å²) in [4.78, 5) is 15.7. The number of benzene rings is 1. The van der Waals surface area contributed by atoms with Crippen LogP contribution in [0.2, 0.25) is 5.02 Å². The van der Waals surface area contributed by atoms with E-state index in [4.69, 9.17) is 11.6 Å². The summed E-state index contributed by atoms with van der Waals surface area (Å²) in [5.41, 5.74) is 0.620. The quantitative estimate of drug-likeness (QED) is 0.788. The molecule has 0 aliphatic carbocycles. The van der Waals surface area contributed by atoms with E-state index in [1.54, 1.807) is 18.2 Å². The van der Waals surface area contributed by atoms with Crippen LogP contribution in [0.5, 0.6) is 0 Å². The van der Waals surface area contributed by atoms with Gasteiger partial charge in [-0.3, -0.25) is 9.78 Å². The van der Waals surface area contributed by atoms with Gasteiger partial charge < -0.3 is 0 Å². The topological polar surface area (TPSA) is 30.0 Å². The zero-order valence-electron chi connectivity index (χ0n) is 8.45. The predicted octanol–water partition coefficient (Wildman–Crippen LogP) is 3.87. The number of ketones is 1. The molecule has 0 aliphatic heterocycles. The number of aromatic nitrogens is 1. The highest BCUT2D eigenvalue weighted by atomic mass is 79.9. The second-order valence-electron chi connectivity index (χ2n) is 3.35. The first kappa shape index (κ1) is 12.2. The molecule has 0 N–H and O–H groups in total. The van der Waals surface area contributed by atoms with E-state index in [-0.39, 0.29) is 11.3 Å². The molecule has 2 nitrogen and oxygen atoms in total. The smallest absolute Gasteiger partial charge is 0.195 e. The molecule has 2 aromatic rings. The molecule has 5 heteroatoms. The van der Waals surface area contributed by atoms with E-state index in [0.717, 1.165) is 12.3 Å². The maximum absolute atomic E-state index is 13.0. The van der Waals surface area contributed by atoms with E-state index >= 15 is 0 Å². The van der Waals surface area contributed by atoms with Crippen molar-refractivity contribution in [1.29, 1.82) is 0 Å². The summed E-state index contributed by atoms with van der Waals surface area (Å²) in [5, 5.41) is 0.519. The van der Waals surface area contributed by atoms with Crippen LogP contribution in [0.15, 0.2) is 41.1 Å². The summed E-state index contributed by atoms with van der Waals surface area (Å²) in [5.74, 6) is -0.846. The molecular weight excluding hydrogens is 308 g/mol. The van der Waals surface area contributed by atoms with E-state index < -0.39 is 5.82 Å². The molecule has 0 aliphatic rings. The molecule has 0 spiro atoms. The fourth-order valence-corrected chi connectivity index (χ4v) is 2.23. The van der Waals surface area contributed by atoms with Gasteiger partial charge in [-0.1, -0.05) is 11.6 Å². The summed E-state index contributed by atoms with van der Waals surface area (Å²) < 4.78 is 13.5. The van der Waals surface area contributed by atoms with Gasteiger partial charge in [-0.2, -0.15) is 0 Å². The molecule has 0 saturated heterocycles. The van der Waals surface area contributed by atoms with Crippen LogP contribution in [0.4, 0.5) is 4.39 Å². The Labute approximate surface area is 111 Å². The number of carbonyl (C=O) groups is 1. The number of pyridine rings is 1. The molecule has 1 heterocycles. The standard InChI is InChI=1S/C12H6BrClFNO/c13-11-4-8(14)1-2-10(11)12(17)7-3-9(15)6-16-5-7/h1-6H. The maximum Gasteiger partial charge on any atom is 0.195 e. The van der Waals surface area contributed by atoms with Crippen molar-refractivity contribution >= 4 is 33.3 Å². The molecule has 86 valence electrons. The van der Waals surface area contributed by atoms with Crippen molar-refractivity contribution in [2.75, 3.05) is 0 Å². The molecule has 0 fully saturated rings. The highest BCUT2D eigenvalue weighted by Crippen LogP contribution is 2.23. The van der Waals surface area contributed by atoms with E-state index in [1.165, 1.54) is 6.20 Å². The minimum Gasteiger partial charge on any atom is -0.289 e. The van der Waals surface area contributed by atoms with Crippen LogP contribution in [0.25, 0.3) is 0 Å². The average Bonchev–Trinajstić information content (AvgIpc) is 2.28. The van der Waals surface area contributed by atoms with Gasteiger partial charge in [0.25, 0.3) is 0 Å². The first-order valence-electron chi connectivity index (χ1n) is 4.68. The number of halogens is 3. The molecule has 2 rings (SSSR count). The second kappa shape index (κ2) is 4.94. The van der Waals surface area contributed by atoms with Gasteiger partial charge in [-0.15, -0.1) is 0 Å². The summed E-state index contributed by atoms with van der Waals surface area (Å²) in [7, 11) is 0. The Morgan fingerprint density at radius 2 is 2.06 bits per heavy atom.